The molecule has 1 N–H and O–H groups in total. The van der Waals surface area contributed by atoms with Crippen molar-refractivity contribution >= 4 is 38.2 Å². The second-order valence-electron chi connectivity index (χ2n) is 10.4. The van der Waals surface area contributed by atoms with Crippen LogP contribution in [0.5, 0.6) is 0 Å². The van der Waals surface area contributed by atoms with Crippen molar-refractivity contribution in [3.8, 4) is 0 Å². The number of carbonyl (C=O) groups excluding carboxylic acids is 1. The fraction of sp³-hybridized carbons (Fsp3) is 0.281. The quantitative estimate of drug-likeness (QED) is 0.241. The van der Waals surface area contributed by atoms with Crippen molar-refractivity contribution in [1.29, 1.82) is 0 Å². The van der Waals surface area contributed by atoms with E-state index in [4.69, 9.17) is 0 Å². The predicted molar refractivity (Wildman–Crippen MR) is 161 cm³/mol. The molecule has 1 aliphatic rings. The standard InChI is InChI=1S/C32H36N2O4S/c1-24(34(25(2)35)27-16-8-6-9-17-27)14-7-5-10-19-30-32(3,4)31-28-18-12-11-15-26(28)20-21-29(31)33(30)22-13-23-39(36,37)38/h5-12,14-21,30H,13,22-23H2,1-4H3,(H,36,37,38). The molecule has 1 aliphatic heterocycles. The van der Waals surface area contributed by atoms with Gasteiger partial charge in [0, 0.05) is 36.0 Å². The summed E-state index contributed by atoms with van der Waals surface area (Å²) in [7, 11) is -4.03. The van der Waals surface area contributed by atoms with E-state index < -0.39 is 10.1 Å². The van der Waals surface area contributed by atoms with Crippen LogP contribution in [0.25, 0.3) is 10.8 Å². The first kappa shape index (κ1) is 28.3. The molecule has 0 spiro atoms. The Hall–Kier alpha value is -3.68. The van der Waals surface area contributed by atoms with Crippen LogP contribution in [0, 0.1) is 0 Å². The van der Waals surface area contributed by atoms with Crippen molar-refractivity contribution in [2.75, 3.05) is 22.1 Å². The van der Waals surface area contributed by atoms with Crippen LogP contribution >= 0.6 is 0 Å². The van der Waals surface area contributed by atoms with Gasteiger partial charge in [-0.05, 0) is 54.0 Å². The van der Waals surface area contributed by atoms with Gasteiger partial charge in [0.25, 0.3) is 10.1 Å². The summed E-state index contributed by atoms with van der Waals surface area (Å²) in [5.74, 6) is -0.335. The molecule has 0 aliphatic carbocycles. The molecule has 4 rings (SSSR count). The molecule has 0 fully saturated rings. The fourth-order valence-corrected chi connectivity index (χ4v) is 6.09. The molecule has 0 aromatic heterocycles. The van der Waals surface area contributed by atoms with Crippen LogP contribution in [-0.4, -0.2) is 37.2 Å². The Morgan fingerprint density at radius 3 is 2.36 bits per heavy atom. The molecule has 1 unspecified atom stereocenters. The number of hydrogen-bond donors (Lipinski definition) is 1. The van der Waals surface area contributed by atoms with Crippen molar-refractivity contribution < 1.29 is 17.8 Å². The third-order valence-corrected chi connectivity index (χ3v) is 8.08. The summed E-state index contributed by atoms with van der Waals surface area (Å²) in [6.45, 7) is 8.38. The molecule has 3 aromatic rings. The highest BCUT2D eigenvalue weighted by Gasteiger charge is 2.43. The number of nitrogens with zero attached hydrogens (tertiary/aromatic N) is 2. The largest absolute Gasteiger partial charge is 0.364 e. The van der Waals surface area contributed by atoms with Gasteiger partial charge in [-0.25, -0.2) is 0 Å². The number of anilines is 2. The number of para-hydroxylation sites is 1. The lowest BCUT2D eigenvalue weighted by Crippen LogP contribution is -2.40. The molecule has 6 nitrogen and oxygen atoms in total. The first-order valence-electron chi connectivity index (χ1n) is 13.1. The Kier molecular flexibility index (Phi) is 8.42. The molecular formula is C32H36N2O4S. The maximum absolute atomic E-state index is 12.3. The highest BCUT2D eigenvalue weighted by Crippen LogP contribution is 2.49. The SMILES string of the molecule is CC(=O)N(C(C)=CC=CC=CC1N(CCCS(=O)(=O)O)c2ccc3ccccc3c2C1(C)C)c1ccccc1. The highest BCUT2D eigenvalue weighted by atomic mass is 32.2. The minimum absolute atomic E-state index is 0.0209. The van der Waals surface area contributed by atoms with Crippen LogP contribution < -0.4 is 9.80 Å². The van der Waals surface area contributed by atoms with E-state index in [0.29, 0.717) is 13.0 Å². The molecule has 3 aromatic carbocycles. The Morgan fingerprint density at radius 2 is 1.67 bits per heavy atom. The lowest BCUT2D eigenvalue weighted by molar-refractivity contribution is -0.116. The second-order valence-corrected chi connectivity index (χ2v) is 12.0. The van der Waals surface area contributed by atoms with E-state index in [1.165, 1.54) is 16.3 Å². The van der Waals surface area contributed by atoms with E-state index >= 15 is 0 Å². The number of carbonyl (C=O) groups is 1. The number of fused-ring (bicyclic) bond motifs is 3. The van der Waals surface area contributed by atoms with E-state index in [2.05, 4.69) is 49.1 Å². The molecular weight excluding hydrogens is 508 g/mol. The van der Waals surface area contributed by atoms with E-state index in [9.17, 15) is 17.8 Å². The monoisotopic (exact) mass is 544 g/mol. The number of amides is 1. The van der Waals surface area contributed by atoms with Crippen LogP contribution in [0.1, 0.15) is 39.7 Å². The molecule has 0 saturated heterocycles. The summed E-state index contributed by atoms with van der Waals surface area (Å²) < 4.78 is 32.1. The molecule has 204 valence electrons. The fourth-order valence-electron chi connectivity index (χ4n) is 5.60. The van der Waals surface area contributed by atoms with Crippen LogP contribution in [-0.2, 0) is 20.3 Å². The van der Waals surface area contributed by atoms with Crippen LogP contribution in [0.15, 0.2) is 103 Å². The van der Waals surface area contributed by atoms with Gasteiger partial charge in [0.2, 0.25) is 5.91 Å². The van der Waals surface area contributed by atoms with Gasteiger partial charge in [0.05, 0.1) is 11.8 Å². The van der Waals surface area contributed by atoms with Gasteiger partial charge < -0.3 is 4.90 Å². The van der Waals surface area contributed by atoms with Crippen LogP contribution in [0.4, 0.5) is 11.4 Å². The van der Waals surface area contributed by atoms with Crippen molar-refractivity contribution in [3.63, 3.8) is 0 Å². The summed E-state index contributed by atoms with van der Waals surface area (Å²) in [6.07, 6.45) is 10.2. The lowest BCUT2D eigenvalue weighted by atomic mass is 9.78. The maximum Gasteiger partial charge on any atom is 0.264 e. The van der Waals surface area contributed by atoms with Gasteiger partial charge >= 0.3 is 0 Å². The molecule has 1 heterocycles. The minimum atomic E-state index is -4.03. The van der Waals surface area contributed by atoms with Crippen molar-refractivity contribution in [3.05, 3.63) is 108 Å². The lowest BCUT2D eigenvalue weighted by Gasteiger charge is -2.32. The van der Waals surface area contributed by atoms with E-state index in [-0.39, 0.29) is 23.1 Å². The molecule has 7 heteroatoms. The normalized spacial score (nSPS) is 17.3. The summed E-state index contributed by atoms with van der Waals surface area (Å²) in [4.78, 5) is 16.2. The smallest absolute Gasteiger partial charge is 0.264 e. The first-order chi connectivity index (χ1) is 18.5. The summed E-state index contributed by atoms with van der Waals surface area (Å²) in [5.41, 5.74) is 3.71. The Morgan fingerprint density at radius 1 is 0.974 bits per heavy atom. The van der Waals surface area contributed by atoms with Gasteiger partial charge in [-0.1, -0.05) is 86.7 Å². The second kappa shape index (κ2) is 11.6. The number of hydrogen-bond acceptors (Lipinski definition) is 4. The van der Waals surface area contributed by atoms with E-state index in [0.717, 1.165) is 17.1 Å². The number of rotatable bonds is 9. The van der Waals surface area contributed by atoms with E-state index in [1.54, 1.807) is 11.8 Å². The van der Waals surface area contributed by atoms with Gasteiger partial charge in [-0.15, -0.1) is 0 Å². The molecule has 0 radical (unpaired) electrons. The van der Waals surface area contributed by atoms with Crippen LogP contribution in [0.3, 0.4) is 0 Å². The number of benzene rings is 3. The number of allylic oxidation sites excluding steroid dienone is 5. The Labute approximate surface area is 231 Å². The minimum Gasteiger partial charge on any atom is -0.364 e. The maximum atomic E-state index is 12.3. The third kappa shape index (κ3) is 6.32. The van der Waals surface area contributed by atoms with Gasteiger partial charge in [-0.3, -0.25) is 14.2 Å². The zero-order chi connectivity index (χ0) is 28.2. The zero-order valence-electron chi connectivity index (χ0n) is 22.9. The van der Waals surface area contributed by atoms with Crippen molar-refractivity contribution in [2.45, 2.75) is 45.6 Å². The van der Waals surface area contributed by atoms with Gasteiger partial charge in [0.15, 0.2) is 0 Å². The zero-order valence-corrected chi connectivity index (χ0v) is 23.7. The highest BCUT2D eigenvalue weighted by molar-refractivity contribution is 7.85. The summed E-state index contributed by atoms with van der Waals surface area (Å²) >= 11 is 0. The predicted octanol–water partition coefficient (Wildman–Crippen LogP) is 6.65. The Balaban J connectivity index is 1.61. The Bertz CT molecular complexity index is 1540. The topological polar surface area (TPSA) is 77.9 Å². The third-order valence-electron chi connectivity index (χ3n) is 7.27. The molecule has 1 amide bonds. The first-order valence-corrected chi connectivity index (χ1v) is 14.7. The average molecular weight is 545 g/mol. The van der Waals surface area contributed by atoms with Crippen molar-refractivity contribution in [2.24, 2.45) is 0 Å². The molecule has 1 atom stereocenters. The molecule has 39 heavy (non-hydrogen) atoms. The summed E-state index contributed by atoms with van der Waals surface area (Å²) in [5, 5.41) is 2.36. The van der Waals surface area contributed by atoms with Crippen LogP contribution in [0.2, 0.25) is 0 Å². The van der Waals surface area contributed by atoms with Gasteiger partial charge in [0.1, 0.15) is 0 Å². The van der Waals surface area contributed by atoms with Gasteiger partial charge in [-0.2, -0.15) is 8.42 Å². The molecule has 0 saturated carbocycles. The van der Waals surface area contributed by atoms with Crippen molar-refractivity contribution in [1.82, 2.24) is 0 Å². The average Bonchev–Trinajstić information content (AvgIpc) is 3.09. The van der Waals surface area contributed by atoms with E-state index in [1.807, 2.05) is 73.7 Å². The molecule has 0 bridgehead atoms. The summed E-state index contributed by atoms with van der Waals surface area (Å²) in [6, 6.07) is 22.1.